The maximum absolute atomic E-state index is 14.1. The molecular formula is C23H13ClF2O4. The molecule has 0 spiro atoms. The van der Waals surface area contributed by atoms with Gasteiger partial charge in [0.15, 0.2) is 5.76 Å². The van der Waals surface area contributed by atoms with Crippen LogP contribution in [-0.2, 0) is 0 Å². The molecule has 4 rings (SSSR count). The van der Waals surface area contributed by atoms with Crippen LogP contribution in [0.3, 0.4) is 0 Å². The summed E-state index contributed by atoms with van der Waals surface area (Å²) in [5, 5.41) is 0.139. The maximum Gasteiger partial charge on any atom is 0.343 e. The summed E-state index contributed by atoms with van der Waals surface area (Å²) in [4.78, 5) is 25.0. The molecule has 0 saturated heterocycles. The highest BCUT2D eigenvalue weighted by Crippen LogP contribution is 2.38. The van der Waals surface area contributed by atoms with Crippen molar-refractivity contribution in [2.75, 3.05) is 0 Å². The lowest BCUT2D eigenvalue weighted by Gasteiger charge is -2.08. The van der Waals surface area contributed by atoms with E-state index in [9.17, 15) is 18.4 Å². The number of allylic oxidation sites excluding steroid dienone is 1. The number of hydrogen-bond donors (Lipinski definition) is 0. The Bertz CT molecular complexity index is 1200. The smallest absolute Gasteiger partial charge is 0.343 e. The van der Waals surface area contributed by atoms with Crippen LogP contribution in [0.15, 0.2) is 60.4 Å². The van der Waals surface area contributed by atoms with E-state index in [1.165, 1.54) is 48.5 Å². The second-order valence-corrected chi connectivity index (χ2v) is 6.99. The van der Waals surface area contributed by atoms with E-state index in [2.05, 4.69) is 0 Å². The van der Waals surface area contributed by atoms with Crippen LogP contribution in [0.2, 0.25) is 5.02 Å². The van der Waals surface area contributed by atoms with Crippen molar-refractivity contribution in [2.24, 2.45) is 0 Å². The van der Waals surface area contributed by atoms with Gasteiger partial charge in [-0.1, -0.05) is 17.7 Å². The van der Waals surface area contributed by atoms with Gasteiger partial charge in [-0.05, 0) is 61.0 Å². The van der Waals surface area contributed by atoms with Crippen molar-refractivity contribution in [3.63, 3.8) is 0 Å². The van der Waals surface area contributed by atoms with Crippen LogP contribution < -0.4 is 9.47 Å². The minimum Gasteiger partial charge on any atom is -0.452 e. The van der Waals surface area contributed by atoms with Gasteiger partial charge in [-0.3, -0.25) is 4.79 Å². The van der Waals surface area contributed by atoms with Crippen molar-refractivity contribution in [2.45, 2.75) is 6.92 Å². The van der Waals surface area contributed by atoms with E-state index in [0.717, 1.165) is 12.1 Å². The standard InChI is InChI=1S/C23H13ClF2O4/c1-12-9-15(29-23(28)13-5-7-14(25)8-6-13)10-19-21(12)22(27)20(30-19)11-16-17(24)3-2-4-18(16)26/h2-11H,1H3/b20-11-. The third-order valence-corrected chi connectivity index (χ3v) is 4.84. The molecular weight excluding hydrogens is 414 g/mol. The van der Waals surface area contributed by atoms with Gasteiger partial charge in [0.2, 0.25) is 5.78 Å². The van der Waals surface area contributed by atoms with Crippen LogP contribution in [0.5, 0.6) is 11.5 Å². The summed E-state index contributed by atoms with van der Waals surface area (Å²) in [5.74, 6) is -1.94. The molecule has 0 aliphatic carbocycles. The molecule has 0 fully saturated rings. The zero-order chi connectivity index (χ0) is 21.4. The predicted octanol–water partition coefficient (Wildman–Crippen LogP) is 5.76. The quantitative estimate of drug-likeness (QED) is 0.303. The number of rotatable bonds is 3. The molecule has 4 nitrogen and oxygen atoms in total. The number of ether oxygens (including phenoxy) is 2. The lowest BCUT2D eigenvalue weighted by Crippen LogP contribution is -2.08. The van der Waals surface area contributed by atoms with Crippen molar-refractivity contribution >= 4 is 29.4 Å². The summed E-state index contributed by atoms with van der Waals surface area (Å²) < 4.78 is 38.0. The Hall–Kier alpha value is -3.51. The summed E-state index contributed by atoms with van der Waals surface area (Å²) in [7, 11) is 0. The van der Waals surface area contributed by atoms with Gasteiger partial charge >= 0.3 is 5.97 Å². The van der Waals surface area contributed by atoms with E-state index in [1.54, 1.807) is 6.92 Å². The van der Waals surface area contributed by atoms with Crippen molar-refractivity contribution < 1.29 is 27.8 Å². The third-order valence-electron chi connectivity index (χ3n) is 4.51. The number of esters is 1. The van der Waals surface area contributed by atoms with Gasteiger partial charge in [-0.15, -0.1) is 0 Å². The van der Waals surface area contributed by atoms with E-state index in [-0.39, 0.29) is 39.0 Å². The summed E-state index contributed by atoms with van der Waals surface area (Å²) in [5.41, 5.74) is 1.01. The fraction of sp³-hybridized carbons (Fsp3) is 0.0435. The molecule has 0 atom stereocenters. The molecule has 1 aliphatic rings. The van der Waals surface area contributed by atoms with Crippen LogP contribution in [-0.4, -0.2) is 11.8 Å². The lowest BCUT2D eigenvalue weighted by molar-refractivity contribution is 0.0734. The Kier molecular flexibility index (Phi) is 5.10. The summed E-state index contributed by atoms with van der Waals surface area (Å²) in [6.07, 6.45) is 1.24. The first-order valence-electron chi connectivity index (χ1n) is 8.84. The van der Waals surface area contributed by atoms with E-state index in [1.807, 2.05) is 0 Å². The van der Waals surface area contributed by atoms with Crippen LogP contribution in [0.4, 0.5) is 8.78 Å². The van der Waals surface area contributed by atoms with Gasteiger partial charge in [0.1, 0.15) is 23.1 Å². The molecule has 0 bridgehead atoms. The average molecular weight is 427 g/mol. The lowest BCUT2D eigenvalue weighted by atomic mass is 10.0. The second-order valence-electron chi connectivity index (χ2n) is 6.58. The van der Waals surface area contributed by atoms with Gasteiger partial charge in [0.05, 0.1) is 16.1 Å². The molecule has 1 heterocycles. The topological polar surface area (TPSA) is 52.6 Å². The van der Waals surface area contributed by atoms with Crippen LogP contribution in [0.25, 0.3) is 6.08 Å². The Morgan fingerprint density at radius 3 is 2.53 bits per heavy atom. The number of benzene rings is 3. The van der Waals surface area contributed by atoms with Crippen molar-refractivity contribution in [3.8, 4) is 11.5 Å². The van der Waals surface area contributed by atoms with Crippen LogP contribution >= 0.6 is 11.6 Å². The Morgan fingerprint density at radius 1 is 1.10 bits per heavy atom. The van der Waals surface area contributed by atoms with Gasteiger partial charge in [0.25, 0.3) is 0 Å². The van der Waals surface area contributed by atoms with E-state index >= 15 is 0 Å². The SMILES string of the molecule is Cc1cc(OC(=O)c2ccc(F)cc2)cc2c1C(=O)/C(=C/c1c(F)cccc1Cl)O2. The summed E-state index contributed by atoms with van der Waals surface area (Å²) in [6.45, 7) is 1.66. The molecule has 150 valence electrons. The minimum absolute atomic E-state index is 0.0379. The van der Waals surface area contributed by atoms with Crippen molar-refractivity contribution in [1.29, 1.82) is 0 Å². The maximum atomic E-state index is 14.1. The fourth-order valence-corrected chi connectivity index (χ4v) is 3.29. The van der Waals surface area contributed by atoms with Gasteiger partial charge in [-0.2, -0.15) is 0 Å². The highest BCUT2D eigenvalue weighted by molar-refractivity contribution is 6.32. The first-order chi connectivity index (χ1) is 14.3. The molecule has 1 aliphatic heterocycles. The Morgan fingerprint density at radius 2 is 1.83 bits per heavy atom. The molecule has 0 unspecified atom stereocenters. The normalized spacial score (nSPS) is 13.9. The first kappa shape index (κ1) is 19.8. The number of halogens is 3. The number of ketones is 1. The summed E-state index contributed by atoms with van der Waals surface area (Å²) >= 11 is 6.02. The molecule has 3 aromatic rings. The van der Waals surface area contributed by atoms with Crippen LogP contribution in [0, 0.1) is 18.6 Å². The molecule has 7 heteroatoms. The molecule has 3 aromatic carbocycles. The highest BCUT2D eigenvalue weighted by Gasteiger charge is 2.31. The van der Waals surface area contributed by atoms with E-state index in [0.29, 0.717) is 5.56 Å². The molecule has 0 amide bonds. The van der Waals surface area contributed by atoms with Crippen molar-refractivity contribution in [3.05, 3.63) is 99.3 Å². The van der Waals surface area contributed by atoms with Crippen molar-refractivity contribution in [1.82, 2.24) is 0 Å². The van der Waals surface area contributed by atoms with E-state index in [4.69, 9.17) is 21.1 Å². The van der Waals surface area contributed by atoms with Gasteiger partial charge < -0.3 is 9.47 Å². The molecule has 0 aromatic heterocycles. The number of hydrogen-bond acceptors (Lipinski definition) is 4. The number of carbonyl (C=O) groups is 2. The number of Topliss-reactive ketones (excluding diaryl/α,β-unsaturated/α-hetero) is 1. The first-order valence-corrected chi connectivity index (χ1v) is 9.22. The zero-order valence-corrected chi connectivity index (χ0v) is 16.3. The molecule has 0 saturated carbocycles. The molecule has 0 N–H and O–H groups in total. The molecule has 0 radical (unpaired) electrons. The Balaban J connectivity index is 1.63. The zero-order valence-electron chi connectivity index (χ0n) is 15.5. The Labute approximate surface area is 175 Å². The predicted molar refractivity (Wildman–Crippen MR) is 107 cm³/mol. The second kappa shape index (κ2) is 7.72. The van der Waals surface area contributed by atoms with Crippen LogP contribution in [0.1, 0.15) is 31.8 Å². The monoisotopic (exact) mass is 426 g/mol. The third kappa shape index (κ3) is 3.69. The number of aryl methyl sites for hydroxylation is 1. The van der Waals surface area contributed by atoms with Gasteiger partial charge in [0, 0.05) is 11.6 Å². The highest BCUT2D eigenvalue weighted by atomic mass is 35.5. The van der Waals surface area contributed by atoms with Gasteiger partial charge in [-0.25, -0.2) is 13.6 Å². The average Bonchev–Trinajstić information content (AvgIpc) is 3.01. The largest absolute Gasteiger partial charge is 0.452 e. The number of fused-ring (bicyclic) bond motifs is 1. The summed E-state index contributed by atoms with van der Waals surface area (Å²) in [6, 6.07) is 12.0. The number of carbonyl (C=O) groups excluding carboxylic acids is 2. The minimum atomic E-state index is -0.687. The van der Waals surface area contributed by atoms with E-state index < -0.39 is 23.4 Å². The fourth-order valence-electron chi connectivity index (χ4n) is 3.07. The molecule has 30 heavy (non-hydrogen) atoms.